The van der Waals surface area contributed by atoms with Crippen molar-refractivity contribution in [1.29, 1.82) is 0 Å². The molecular weight excluding hydrogens is 473 g/mol. The van der Waals surface area contributed by atoms with Gasteiger partial charge in [-0.3, -0.25) is 4.57 Å². The molecule has 0 bridgehead atoms. The minimum atomic E-state index is -0.477. The van der Waals surface area contributed by atoms with Crippen LogP contribution in [0.5, 0.6) is 17.2 Å². The summed E-state index contributed by atoms with van der Waals surface area (Å²) in [5.74, 6) is 2.01. The van der Waals surface area contributed by atoms with Crippen LogP contribution in [0.2, 0.25) is 0 Å². The minimum Gasteiger partial charge on any atom is -0.489 e. The highest BCUT2D eigenvalue weighted by atomic mass is 19.1. The first-order chi connectivity index (χ1) is 18.0. The zero-order valence-electron chi connectivity index (χ0n) is 20.4. The Hall–Kier alpha value is -4.42. The summed E-state index contributed by atoms with van der Waals surface area (Å²) in [6, 6.07) is 11.4. The maximum absolute atomic E-state index is 14.2. The Morgan fingerprint density at radius 2 is 1.78 bits per heavy atom. The summed E-state index contributed by atoms with van der Waals surface area (Å²) in [4.78, 5) is 11.9. The van der Waals surface area contributed by atoms with Crippen molar-refractivity contribution < 1.29 is 18.6 Å². The molecule has 0 saturated carbocycles. The molecule has 2 aromatic carbocycles. The number of ether oxygens (including phenoxy) is 3. The molecule has 0 atom stereocenters. The molecule has 0 spiro atoms. The number of aromatic nitrogens is 3. The van der Waals surface area contributed by atoms with Gasteiger partial charge < -0.3 is 24.8 Å². The Balaban J connectivity index is 1.31. The molecule has 188 valence electrons. The van der Waals surface area contributed by atoms with Crippen molar-refractivity contribution in [2.75, 3.05) is 18.9 Å². The van der Waals surface area contributed by atoms with Gasteiger partial charge >= 0.3 is 0 Å². The van der Waals surface area contributed by atoms with E-state index >= 15 is 0 Å². The van der Waals surface area contributed by atoms with Crippen LogP contribution in [0.4, 0.5) is 15.9 Å². The monoisotopic (exact) mass is 499 g/mol. The quantitative estimate of drug-likeness (QED) is 0.309. The summed E-state index contributed by atoms with van der Waals surface area (Å²) in [6.45, 7) is 11.1. The van der Waals surface area contributed by atoms with Gasteiger partial charge in [0.25, 0.3) is 5.82 Å². The van der Waals surface area contributed by atoms with E-state index in [9.17, 15) is 4.39 Å². The molecule has 1 aliphatic heterocycles. The molecule has 4 aromatic rings. The summed E-state index contributed by atoms with van der Waals surface area (Å²) >= 11 is 0. The Bertz CT molecular complexity index is 1420. The molecule has 0 amide bonds. The van der Waals surface area contributed by atoms with Gasteiger partial charge in [-0.2, -0.15) is 0 Å². The number of nitrogen functional groups attached to an aromatic ring is 1. The summed E-state index contributed by atoms with van der Waals surface area (Å²) in [6.07, 6.45) is 7.06. The SMILES string of the molecule is [C-]#[N+]c1c(N)c(C2CCOCC2)cn1-c1ccc(Oc2cc(F)cc(OCc3cnc(C)nc3)c2)cc1. The van der Waals surface area contributed by atoms with Crippen molar-refractivity contribution in [1.82, 2.24) is 14.5 Å². The molecule has 9 heteroatoms. The van der Waals surface area contributed by atoms with E-state index in [0.717, 1.165) is 29.7 Å². The fraction of sp³-hybridized carbons (Fsp3) is 0.250. The number of rotatable bonds is 7. The van der Waals surface area contributed by atoms with Gasteiger partial charge in [0.15, 0.2) is 0 Å². The lowest BCUT2D eigenvalue weighted by molar-refractivity contribution is 0.0855. The fourth-order valence-corrected chi connectivity index (χ4v) is 4.32. The number of anilines is 1. The second kappa shape index (κ2) is 10.7. The van der Waals surface area contributed by atoms with Gasteiger partial charge in [-0.25, -0.2) is 14.4 Å². The Labute approximate surface area is 214 Å². The van der Waals surface area contributed by atoms with E-state index in [2.05, 4.69) is 14.8 Å². The maximum atomic E-state index is 14.2. The van der Waals surface area contributed by atoms with Crippen molar-refractivity contribution in [2.24, 2.45) is 0 Å². The highest BCUT2D eigenvalue weighted by Crippen LogP contribution is 2.39. The number of benzene rings is 2. The first kappa shape index (κ1) is 24.3. The van der Waals surface area contributed by atoms with Crippen LogP contribution >= 0.6 is 0 Å². The molecule has 2 N–H and O–H groups in total. The molecule has 1 fully saturated rings. The second-order valence-corrected chi connectivity index (χ2v) is 8.84. The first-order valence-corrected chi connectivity index (χ1v) is 12.0. The largest absolute Gasteiger partial charge is 0.489 e. The molecule has 1 saturated heterocycles. The van der Waals surface area contributed by atoms with Crippen LogP contribution in [-0.2, 0) is 11.3 Å². The van der Waals surface area contributed by atoms with Gasteiger partial charge in [-0.05, 0) is 49.9 Å². The average Bonchev–Trinajstić information content (AvgIpc) is 3.25. The zero-order chi connectivity index (χ0) is 25.8. The summed E-state index contributed by atoms with van der Waals surface area (Å²) in [5.41, 5.74) is 9.42. The normalized spacial score (nSPS) is 13.8. The van der Waals surface area contributed by atoms with Crippen LogP contribution in [-0.4, -0.2) is 27.7 Å². The van der Waals surface area contributed by atoms with Crippen molar-refractivity contribution >= 4 is 11.5 Å². The van der Waals surface area contributed by atoms with Crippen molar-refractivity contribution in [3.05, 3.63) is 95.2 Å². The maximum Gasteiger partial charge on any atom is 0.258 e. The molecule has 0 unspecified atom stereocenters. The Morgan fingerprint density at radius 3 is 2.49 bits per heavy atom. The number of halogens is 1. The van der Waals surface area contributed by atoms with Crippen LogP contribution in [0.15, 0.2) is 61.1 Å². The summed E-state index contributed by atoms with van der Waals surface area (Å²) in [7, 11) is 0. The molecule has 8 nitrogen and oxygen atoms in total. The number of hydrogen-bond acceptors (Lipinski definition) is 6. The standard InChI is InChI=1S/C28H26FN5O3/c1-18-32-14-19(15-33-18)17-36-24-11-21(29)12-25(13-24)37-23-5-3-22(4-6-23)34-16-26(27(30)28(34)31-2)20-7-9-35-10-8-20/h3-6,11-16,20H,7-10,17,30H2,1H3. The molecule has 1 aliphatic rings. The smallest absolute Gasteiger partial charge is 0.258 e. The predicted molar refractivity (Wildman–Crippen MR) is 137 cm³/mol. The lowest BCUT2D eigenvalue weighted by Crippen LogP contribution is -2.14. The van der Waals surface area contributed by atoms with E-state index < -0.39 is 5.82 Å². The zero-order valence-corrected chi connectivity index (χ0v) is 20.4. The van der Waals surface area contributed by atoms with Crippen LogP contribution in [0.3, 0.4) is 0 Å². The molecule has 37 heavy (non-hydrogen) atoms. The number of nitrogens with zero attached hydrogens (tertiary/aromatic N) is 4. The lowest BCUT2D eigenvalue weighted by atomic mass is 9.93. The third-order valence-corrected chi connectivity index (χ3v) is 6.25. The van der Waals surface area contributed by atoms with Gasteiger partial charge in [-0.15, -0.1) is 0 Å². The Morgan fingerprint density at radius 1 is 1.08 bits per heavy atom. The summed E-state index contributed by atoms with van der Waals surface area (Å²) < 4.78 is 33.1. The fourth-order valence-electron chi connectivity index (χ4n) is 4.32. The number of aryl methyl sites for hydroxylation is 1. The van der Waals surface area contributed by atoms with Crippen molar-refractivity contribution in [3.8, 4) is 22.9 Å². The van der Waals surface area contributed by atoms with Gasteiger partial charge in [0.05, 0.1) is 11.9 Å². The molecule has 2 aromatic heterocycles. The van der Waals surface area contributed by atoms with Crippen molar-refractivity contribution in [3.63, 3.8) is 0 Å². The first-order valence-electron chi connectivity index (χ1n) is 12.0. The highest BCUT2D eigenvalue weighted by Gasteiger charge is 2.24. The van der Waals surface area contributed by atoms with E-state index in [-0.39, 0.29) is 12.5 Å². The van der Waals surface area contributed by atoms with Gasteiger partial charge in [0, 0.05) is 54.9 Å². The van der Waals surface area contributed by atoms with Crippen LogP contribution in [0, 0.1) is 19.3 Å². The van der Waals surface area contributed by atoms with Crippen LogP contribution in [0.1, 0.15) is 35.7 Å². The molecule has 5 rings (SSSR count). The van der Waals surface area contributed by atoms with Gasteiger partial charge in [-0.1, -0.05) is 6.57 Å². The number of nitrogens with two attached hydrogens (primary N) is 1. The van der Waals surface area contributed by atoms with Crippen LogP contribution < -0.4 is 15.2 Å². The van der Waals surface area contributed by atoms with E-state index in [4.69, 9.17) is 26.5 Å². The highest BCUT2D eigenvalue weighted by molar-refractivity contribution is 5.72. The number of hydrogen-bond donors (Lipinski definition) is 1. The molecule has 0 aliphatic carbocycles. The second-order valence-electron chi connectivity index (χ2n) is 8.84. The van der Waals surface area contributed by atoms with E-state index in [1.165, 1.54) is 12.1 Å². The van der Waals surface area contributed by atoms with Crippen LogP contribution in [0.25, 0.3) is 10.5 Å². The van der Waals surface area contributed by atoms with Gasteiger partial charge in [0.2, 0.25) is 0 Å². The van der Waals surface area contributed by atoms with Crippen molar-refractivity contribution in [2.45, 2.75) is 32.3 Å². The van der Waals surface area contributed by atoms with E-state index in [1.807, 2.05) is 18.3 Å². The van der Waals surface area contributed by atoms with E-state index in [0.29, 0.717) is 47.8 Å². The molecule has 3 heterocycles. The Kier molecular flexibility index (Phi) is 7.01. The molecule has 0 radical (unpaired) electrons. The van der Waals surface area contributed by atoms with Gasteiger partial charge in [0.1, 0.15) is 41.2 Å². The minimum absolute atomic E-state index is 0.205. The predicted octanol–water partition coefficient (Wildman–Crippen LogP) is 6.11. The third kappa shape index (κ3) is 5.55. The summed E-state index contributed by atoms with van der Waals surface area (Å²) in [5, 5.41) is 0. The average molecular weight is 500 g/mol. The van der Waals surface area contributed by atoms with E-state index in [1.54, 1.807) is 42.1 Å². The molecular formula is C28H26FN5O3. The lowest BCUT2D eigenvalue weighted by Gasteiger charge is -2.21. The topological polar surface area (TPSA) is 88.8 Å². The third-order valence-electron chi connectivity index (χ3n) is 6.25.